The van der Waals surface area contributed by atoms with Gasteiger partial charge in [-0.2, -0.15) is 0 Å². The minimum Gasteiger partial charge on any atom is -0.472 e. The van der Waals surface area contributed by atoms with Gasteiger partial charge in [-0.1, -0.05) is 36.4 Å². The summed E-state index contributed by atoms with van der Waals surface area (Å²) in [5, 5.41) is 0. The summed E-state index contributed by atoms with van der Waals surface area (Å²) < 4.78 is 15.7. The van der Waals surface area contributed by atoms with E-state index in [-0.39, 0.29) is 39.4 Å². The number of cyclic esters (lactones) is 1. The molecule has 0 N–H and O–H groups in total. The summed E-state index contributed by atoms with van der Waals surface area (Å²) in [4.78, 5) is 39.0. The molecule has 2 saturated carbocycles. The summed E-state index contributed by atoms with van der Waals surface area (Å²) in [7, 11) is 1.40. The zero-order valence-electron chi connectivity index (χ0n) is 16.3. The van der Waals surface area contributed by atoms with Crippen LogP contribution in [-0.2, 0) is 23.9 Å². The third-order valence-electron chi connectivity index (χ3n) is 7.49. The van der Waals surface area contributed by atoms with Gasteiger partial charge in [0.1, 0.15) is 11.9 Å². The zero-order chi connectivity index (χ0) is 20.3. The fourth-order valence-electron chi connectivity index (χ4n) is 6.14. The van der Waals surface area contributed by atoms with Gasteiger partial charge in [0.05, 0.1) is 35.4 Å². The SMILES string of the molecule is COC(=O)[C@@H]1C[C@@H](I)C(=O)C2[C@@]3(C)C[C@@H](c4ccoc4)OC(=O)C3CC[C@]21C. The minimum absolute atomic E-state index is 0.149. The van der Waals surface area contributed by atoms with E-state index >= 15 is 0 Å². The van der Waals surface area contributed by atoms with Gasteiger partial charge in [-0.25, -0.2) is 0 Å². The Kier molecular flexibility index (Phi) is 4.87. The molecule has 3 aliphatic rings. The molecule has 1 saturated heterocycles. The second kappa shape index (κ2) is 6.85. The van der Waals surface area contributed by atoms with Crippen LogP contribution in [0.25, 0.3) is 0 Å². The summed E-state index contributed by atoms with van der Waals surface area (Å²) in [5.41, 5.74) is -0.285. The predicted molar refractivity (Wildman–Crippen MR) is 108 cm³/mol. The Morgan fingerprint density at radius 3 is 2.68 bits per heavy atom. The molecule has 3 fully saturated rings. The van der Waals surface area contributed by atoms with E-state index in [1.165, 1.54) is 7.11 Å². The van der Waals surface area contributed by atoms with E-state index in [9.17, 15) is 14.4 Å². The van der Waals surface area contributed by atoms with E-state index in [0.717, 1.165) is 5.56 Å². The van der Waals surface area contributed by atoms with Crippen molar-refractivity contribution >= 4 is 40.3 Å². The molecule has 1 aromatic heterocycles. The maximum Gasteiger partial charge on any atom is 0.310 e. The van der Waals surface area contributed by atoms with Crippen LogP contribution in [0, 0.1) is 28.6 Å². The molecule has 2 heterocycles. The lowest BCUT2D eigenvalue weighted by Crippen LogP contribution is -2.63. The maximum atomic E-state index is 13.5. The smallest absolute Gasteiger partial charge is 0.310 e. The summed E-state index contributed by atoms with van der Waals surface area (Å²) in [6.45, 7) is 4.07. The van der Waals surface area contributed by atoms with Gasteiger partial charge in [-0.15, -0.1) is 0 Å². The van der Waals surface area contributed by atoms with Crippen molar-refractivity contribution in [2.45, 2.75) is 49.6 Å². The number of hydrogen-bond donors (Lipinski definition) is 0. The first-order valence-electron chi connectivity index (χ1n) is 9.70. The fraction of sp³-hybridized carbons (Fsp3) is 0.667. The van der Waals surface area contributed by atoms with Crippen molar-refractivity contribution in [3.8, 4) is 0 Å². The Labute approximate surface area is 177 Å². The Balaban J connectivity index is 1.79. The third-order valence-corrected chi connectivity index (χ3v) is 8.61. The van der Waals surface area contributed by atoms with E-state index < -0.39 is 16.9 Å². The number of carbonyl (C=O) groups excluding carboxylic acids is 3. The van der Waals surface area contributed by atoms with E-state index in [2.05, 4.69) is 22.6 Å². The number of carbonyl (C=O) groups is 3. The van der Waals surface area contributed by atoms with Gasteiger partial charge in [0.2, 0.25) is 0 Å². The Hall–Kier alpha value is -1.38. The monoisotopic (exact) mass is 500 g/mol. The third kappa shape index (κ3) is 2.75. The molecule has 1 aromatic rings. The number of halogens is 1. The standard InChI is InChI=1S/C21H25IO6/c1-20-6-4-12-19(25)28-15(11-5-7-27-10-11)9-21(12,2)17(20)16(23)14(22)8-13(20)18(24)26-3/h5,7,10,12-15,17H,4,6,8-9H2,1-3H3/t12?,13-,14+,15-,17?,20-,21-/m0/s1. The zero-order valence-corrected chi connectivity index (χ0v) is 18.4. The average Bonchev–Trinajstić information content (AvgIpc) is 3.18. The molecule has 0 bridgehead atoms. The quantitative estimate of drug-likeness (QED) is 0.349. The van der Waals surface area contributed by atoms with Crippen LogP contribution in [0.5, 0.6) is 0 Å². The number of alkyl halides is 1. The highest BCUT2D eigenvalue weighted by molar-refractivity contribution is 14.1. The van der Waals surface area contributed by atoms with Crippen LogP contribution in [0.1, 0.15) is 51.2 Å². The van der Waals surface area contributed by atoms with Crippen LogP contribution in [-0.4, -0.2) is 28.8 Å². The maximum absolute atomic E-state index is 13.5. The number of ether oxygens (including phenoxy) is 2. The van der Waals surface area contributed by atoms with Gasteiger partial charge < -0.3 is 13.9 Å². The Morgan fingerprint density at radius 1 is 1.29 bits per heavy atom. The van der Waals surface area contributed by atoms with Crippen LogP contribution < -0.4 is 0 Å². The summed E-state index contributed by atoms with van der Waals surface area (Å²) in [6, 6.07) is 1.80. The molecule has 7 atom stereocenters. The normalized spacial score (nSPS) is 42.9. The van der Waals surface area contributed by atoms with Crippen LogP contribution in [0.2, 0.25) is 0 Å². The highest BCUT2D eigenvalue weighted by Gasteiger charge is 2.67. The number of hydrogen-bond acceptors (Lipinski definition) is 6. The van der Waals surface area contributed by atoms with Gasteiger partial charge >= 0.3 is 11.9 Å². The lowest BCUT2D eigenvalue weighted by molar-refractivity contribution is -0.201. The average molecular weight is 500 g/mol. The molecule has 7 heteroatoms. The largest absolute Gasteiger partial charge is 0.472 e. The van der Waals surface area contributed by atoms with E-state index in [1.807, 2.05) is 13.8 Å². The molecular weight excluding hydrogens is 475 g/mol. The van der Waals surface area contributed by atoms with Gasteiger partial charge in [0.25, 0.3) is 0 Å². The molecule has 152 valence electrons. The molecule has 0 amide bonds. The van der Waals surface area contributed by atoms with Crippen molar-refractivity contribution in [2.24, 2.45) is 28.6 Å². The van der Waals surface area contributed by atoms with Crippen molar-refractivity contribution in [2.75, 3.05) is 7.11 Å². The molecule has 2 unspecified atom stereocenters. The molecule has 0 spiro atoms. The number of ketones is 1. The highest BCUT2D eigenvalue weighted by Crippen LogP contribution is 2.65. The summed E-state index contributed by atoms with van der Waals surface area (Å²) >= 11 is 2.15. The molecule has 2 aliphatic carbocycles. The highest BCUT2D eigenvalue weighted by atomic mass is 127. The van der Waals surface area contributed by atoms with Crippen LogP contribution in [0.3, 0.4) is 0 Å². The van der Waals surface area contributed by atoms with E-state index in [4.69, 9.17) is 13.9 Å². The molecule has 1 aliphatic heterocycles. The predicted octanol–water partition coefficient (Wildman–Crippen LogP) is 3.87. The van der Waals surface area contributed by atoms with Gasteiger partial charge in [0.15, 0.2) is 0 Å². The minimum atomic E-state index is -0.572. The second-order valence-corrected chi connectivity index (χ2v) is 10.4. The van der Waals surface area contributed by atoms with E-state index in [1.54, 1.807) is 18.6 Å². The Bertz CT molecular complexity index is 804. The van der Waals surface area contributed by atoms with Crippen molar-refractivity contribution in [1.29, 1.82) is 0 Å². The topological polar surface area (TPSA) is 82.8 Å². The number of rotatable bonds is 2. The Morgan fingerprint density at radius 2 is 2.04 bits per heavy atom. The first-order valence-corrected chi connectivity index (χ1v) is 10.9. The lowest BCUT2D eigenvalue weighted by Gasteiger charge is -2.60. The molecule has 0 radical (unpaired) electrons. The fourth-order valence-corrected chi connectivity index (χ4v) is 7.01. The van der Waals surface area contributed by atoms with Crippen LogP contribution >= 0.6 is 22.6 Å². The van der Waals surface area contributed by atoms with E-state index in [0.29, 0.717) is 25.7 Å². The first kappa shape index (κ1) is 19.9. The lowest BCUT2D eigenvalue weighted by atomic mass is 9.43. The van der Waals surface area contributed by atoms with Gasteiger partial charge in [-0.05, 0) is 42.6 Å². The number of fused-ring (bicyclic) bond motifs is 3. The molecule has 28 heavy (non-hydrogen) atoms. The van der Waals surface area contributed by atoms with Crippen LogP contribution in [0.15, 0.2) is 23.0 Å². The van der Waals surface area contributed by atoms with Gasteiger partial charge in [0, 0.05) is 11.5 Å². The first-order chi connectivity index (χ1) is 13.2. The summed E-state index contributed by atoms with van der Waals surface area (Å²) in [5.74, 6) is -1.42. The van der Waals surface area contributed by atoms with Gasteiger partial charge in [-0.3, -0.25) is 14.4 Å². The number of esters is 2. The molecule has 6 nitrogen and oxygen atoms in total. The molecule has 0 aromatic carbocycles. The number of furan rings is 1. The molecule has 4 rings (SSSR count). The van der Waals surface area contributed by atoms with Crippen molar-refractivity contribution in [1.82, 2.24) is 0 Å². The van der Waals surface area contributed by atoms with Crippen molar-refractivity contribution < 1.29 is 28.3 Å². The van der Waals surface area contributed by atoms with Crippen molar-refractivity contribution in [3.63, 3.8) is 0 Å². The summed E-state index contributed by atoms with van der Waals surface area (Å²) in [6.07, 6.45) is 5.01. The molecular formula is C21H25IO6. The van der Waals surface area contributed by atoms with Crippen molar-refractivity contribution in [3.05, 3.63) is 24.2 Å². The second-order valence-electron chi connectivity index (χ2n) is 8.90. The number of Topliss-reactive ketones (excluding diaryl/α,β-unsaturated/α-hetero) is 1. The van der Waals surface area contributed by atoms with Crippen LogP contribution in [0.4, 0.5) is 0 Å². The number of methoxy groups -OCH3 is 1.